The Morgan fingerprint density at radius 1 is 0.658 bits per heavy atom. The summed E-state index contributed by atoms with van der Waals surface area (Å²) >= 11 is 2.00. The first kappa shape index (κ1) is 35.8. The number of phenols is 2. The van der Waals surface area contributed by atoms with Crippen molar-refractivity contribution in [2.24, 2.45) is 0 Å². The molecule has 0 fully saturated rings. The third-order valence-corrected chi connectivity index (χ3v) is 6.15. The number of aryl methyl sites for hydroxylation is 2. The maximum absolute atomic E-state index is 9.57. The van der Waals surface area contributed by atoms with E-state index in [1.807, 2.05) is 86.7 Å². The number of nitrogens with zero attached hydrogens (tertiary/aromatic N) is 1. The maximum atomic E-state index is 9.57. The van der Waals surface area contributed by atoms with E-state index in [1.165, 1.54) is 16.5 Å². The van der Waals surface area contributed by atoms with Gasteiger partial charge in [0.05, 0.1) is 0 Å². The quantitative estimate of drug-likeness (QED) is 0.335. The molecular formula is C32H39Cl2NO2Ti-2. The topological polar surface area (TPSA) is 53.4 Å². The Balaban J connectivity index is 0.000000527. The van der Waals surface area contributed by atoms with Gasteiger partial charge in [0, 0.05) is 0 Å². The van der Waals surface area contributed by atoms with Crippen LogP contribution in [0, 0.1) is 13.8 Å². The fraction of sp³-hybridized carbons (Fsp3) is 0.312. The molecule has 0 aliphatic heterocycles. The average Bonchev–Trinajstić information content (AvgIpc) is 2.81. The fourth-order valence-electron chi connectivity index (χ4n) is 3.66. The zero-order chi connectivity index (χ0) is 27.1. The van der Waals surface area contributed by atoms with Gasteiger partial charge < -0.3 is 35.0 Å². The van der Waals surface area contributed by atoms with Crippen LogP contribution in [0.15, 0.2) is 72.8 Å². The van der Waals surface area contributed by atoms with Crippen molar-refractivity contribution in [3.8, 4) is 11.5 Å². The van der Waals surface area contributed by atoms with Gasteiger partial charge in [-0.15, -0.1) is 0 Å². The molecule has 0 aliphatic rings. The van der Waals surface area contributed by atoms with E-state index in [0.717, 1.165) is 22.3 Å². The van der Waals surface area contributed by atoms with Crippen molar-refractivity contribution in [1.29, 1.82) is 0 Å². The summed E-state index contributed by atoms with van der Waals surface area (Å²) in [5.41, 5.74) is 6.56. The second kappa shape index (κ2) is 15.4. The zero-order valence-electron chi connectivity index (χ0n) is 23.6. The molecule has 4 rings (SSSR count). The van der Waals surface area contributed by atoms with Gasteiger partial charge in [0.25, 0.3) is 0 Å². The molecule has 0 atom stereocenters. The van der Waals surface area contributed by atoms with Gasteiger partial charge in [-0.2, -0.15) is 0 Å². The summed E-state index contributed by atoms with van der Waals surface area (Å²) in [5.74, 6) is 0.793. The molecule has 1 aromatic heterocycles. The molecule has 3 aromatic carbocycles. The molecule has 3 nitrogen and oxygen atoms in total. The Kier molecular flexibility index (Phi) is 14.6. The second-order valence-electron chi connectivity index (χ2n) is 11.1. The number of para-hydroxylation sites is 1. The fourth-order valence-corrected chi connectivity index (χ4v) is 3.91. The number of fused-ring (bicyclic) bond motifs is 1. The van der Waals surface area contributed by atoms with E-state index < -0.39 is 0 Å². The first-order chi connectivity index (χ1) is 16.7. The molecule has 0 saturated heterocycles. The summed E-state index contributed by atoms with van der Waals surface area (Å²) < 4.78 is 2.01. The normalized spacial score (nSPS) is 10.5. The van der Waals surface area contributed by atoms with Crippen LogP contribution >= 0.6 is 0 Å². The molecule has 1 heterocycles. The molecule has 6 heteroatoms. The molecule has 0 radical (unpaired) electrons. The third-order valence-electron chi connectivity index (χ3n) is 5.69. The standard InChI is InChI=1S/2C11H16O.C10H7N.2ClH.Ti/c2*1-8-5-6-10(12)9(7-8)11(2,3)4;1-8-6-7-9-4-2-3-5-10(9)11-8;;;/h2*5-7,12H,1-4H3;1-7H;2*1H;/p-2. The van der Waals surface area contributed by atoms with Crippen LogP contribution in [0.1, 0.15) is 69.5 Å². The van der Waals surface area contributed by atoms with Crippen molar-refractivity contribution in [2.75, 3.05) is 0 Å². The number of benzene rings is 3. The van der Waals surface area contributed by atoms with Crippen LogP contribution in [0.4, 0.5) is 0 Å². The summed E-state index contributed by atoms with van der Waals surface area (Å²) in [6.07, 6.45) is 0. The van der Waals surface area contributed by atoms with Gasteiger partial charge in [-0.25, -0.2) is 0 Å². The number of rotatable bonds is 1. The molecule has 0 aliphatic carbocycles. The van der Waals surface area contributed by atoms with Crippen molar-refractivity contribution >= 4 is 15.2 Å². The molecule has 2 N–H and O–H groups in total. The molecule has 0 bridgehead atoms. The van der Waals surface area contributed by atoms with Crippen LogP contribution in [0.2, 0.25) is 0 Å². The molecule has 0 amide bonds. The first-order valence-corrected chi connectivity index (χ1v) is 13.1. The molecule has 0 saturated carbocycles. The number of pyridine rings is 1. The number of hydrogen-bond acceptors (Lipinski definition) is 3. The van der Waals surface area contributed by atoms with Gasteiger partial charge >= 0.3 is 82.3 Å². The number of halogens is 2. The monoisotopic (exact) mass is 587 g/mol. The van der Waals surface area contributed by atoms with E-state index in [9.17, 15) is 10.2 Å². The van der Waals surface area contributed by atoms with Crippen LogP contribution in [-0.4, -0.2) is 19.5 Å². The van der Waals surface area contributed by atoms with Crippen molar-refractivity contribution in [3.05, 3.63) is 101 Å². The van der Waals surface area contributed by atoms with Gasteiger partial charge in [-0.3, -0.25) is 0 Å². The number of phenolic OH excluding ortho intramolecular Hbond substituents is 2. The molecule has 0 unspecified atom stereocenters. The van der Waals surface area contributed by atoms with Gasteiger partial charge in [0.1, 0.15) is 11.5 Å². The van der Waals surface area contributed by atoms with Crippen LogP contribution in [0.25, 0.3) is 10.9 Å². The summed E-state index contributed by atoms with van der Waals surface area (Å²) in [6, 6.07) is 23.7. The number of aromatic hydroxyl groups is 2. The Hall–Kier alpha value is -2.17. The van der Waals surface area contributed by atoms with Gasteiger partial charge in [-0.1, -0.05) is 76.9 Å². The Morgan fingerprint density at radius 2 is 1.11 bits per heavy atom. The van der Waals surface area contributed by atoms with E-state index in [2.05, 4.69) is 58.7 Å². The predicted octanol–water partition coefficient (Wildman–Crippen LogP) is 1.94. The van der Waals surface area contributed by atoms with E-state index in [1.54, 1.807) is 12.1 Å². The van der Waals surface area contributed by atoms with Crippen molar-refractivity contribution in [2.45, 2.75) is 66.2 Å². The predicted molar refractivity (Wildman–Crippen MR) is 150 cm³/mol. The van der Waals surface area contributed by atoms with Crippen LogP contribution in [0.5, 0.6) is 11.5 Å². The second-order valence-corrected chi connectivity index (χ2v) is 11.6. The van der Waals surface area contributed by atoms with Gasteiger partial charge in [0.15, 0.2) is 0 Å². The van der Waals surface area contributed by atoms with Crippen molar-refractivity contribution in [3.63, 3.8) is 0 Å². The van der Waals surface area contributed by atoms with Gasteiger partial charge in [0.2, 0.25) is 0 Å². The minimum absolute atomic E-state index is 0. The molecular weight excluding hydrogens is 549 g/mol. The van der Waals surface area contributed by atoms with Crippen LogP contribution < -0.4 is 24.8 Å². The third kappa shape index (κ3) is 10.9. The minimum atomic E-state index is 0. The van der Waals surface area contributed by atoms with E-state index in [0.29, 0.717) is 11.5 Å². The first-order valence-electron chi connectivity index (χ1n) is 12.2. The van der Waals surface area contributed by atoms with E-state index in [4.69, 9.17) is 0 Å². The Morgan fingerprint density at radius 3 is 1.50 bits per heavy atom. The summed E-state index contributed by atoms with van der Waals surface area (Å²) in [5, 5.41) is 20.3. The molecule has 4 aromatic rings. The van der Waals surface area contributed by atoms with E-state index in [-0.39, 0.29) is 35.6 Å². The molecule has 38 heavy (non-hydrogen) atoms. The number of aromatic nitrogens is 1. The molecule has 204 valence electrons. The Labute approximate surface area is 252 Å². The summed E-state index contributed by atoms with van der Waals surface area (Å²) in [7, 11) is 0. The summed E-state index contributed by atoms with van der Waals surface area (Å²) in [4.78, 5) is 4.44. The number of hydrogen-bond donors (Lipinski definition) is 2. The van der Waals surface area contributed by atoms with Crippen LogP contribution in [0.3, 0.4) is 0 Å². The summed E-state index contributed by atoms with van der Waals surface area (Å²) in [6.45, 7) is 16.7. The SMILES string of the molecule is Cc1ccc(O)c(C(C)(C)C)c1.Cc1ccc(O)c(C(C)(C)C)c1.[Cl-].[Cl-].[Ti]=[CH]c1ccc2ccccc2n1. The van der Waals surface area contributed by atoms with E-state index >= 15 is 0 Å². The van der Waals surface area contributed by atoms with Crippen molar-refractivity contribution < 1.29 is 55.0 Å². The molecule has 0 spiro atoms. The van der Waals surface area contributed by atoms with Gasteiger partial charge in [-0.05, 0) is 47.9 Å². The Bertz CT molecular complexity index is 1260. The van der Waals surface area contributed by atoms with Crippen molar-refractivity contribution in [1.82, 2.24) is 4.98 Å². The van der Waals surface area contributed by atoms with Crippen LogP contribution in [-0.2, 0) is 30.8 Å². The zero-order valence-corrected chi connectivity index (χ0v) is 26.7. The average molecular weight is 588 g/mol.